The van der Waals surface area contributed by atoms with Crippen molar-refractivity contribution >= 4 is 0 Å². The molecule has 0 spiro atoms. The Bertz CT molecular complexity index is 1160. The highest BCUT2D eigenvalue weighted by molar-refractivity contribution is 5.30. The maximum Gasteiger partial charge on any atom is 0.354 e. The minimum atomic E-state index is -0.585. The van der Waals surface area contributed by atoms with Crippen LogP contribution in [0, 0.1) is 0 Å². The molecule has 0 amide bonds. The van der Waals surface area contributed by atoms with Gasteiger partial charge < -0.3 is 4.74 Å². The van der Waals surface area contributed by atoms with Crippen LogP contribution in [0.1, 0.15) is 43.4 Å². The molecule has 0 saturated heterocycles. The highest BCUT2D eigenvalue weighted by atomic mass is 16.5. The molecule has 3 atom stereocenters. The zero-order valence-electron chi connectivity index (χ0n) is 16.8. The smallest absolute Gasteiger partial charge is 0.349 e. The van der Waals surface area contributed by atoms with Gasteiger partial charge in [0.05, 0.1) is 18.3 Å². The maximum absolute atomic E-state index is 13.2. The molecule has 0 bridgehead atoms. The Morgan fingerprint density at radius 1 is 0.833 bits per heavy atom. The van der Waals surface area contributed by atoms with Crippen molar-refractivity contribution in [1.82, 2.24) is 13.9 Å². The van der Waals surface area contributed by atoms with Gasteiger partial charge in [0.15, 0.2) is 6.23 Å². The highest BCUT2D eigenvalue weighted by Gasteiger charge is 2.32. The number of hydrogen-bond acceptors (Lipinski definition) is 3. The van der Waals surface area contributed by atoms with E-state index in [0.29, 0.717) is 18.2 Å². The first-order valence-electron chi connectivity index (χ1n) is 10.6. The van der Waals surface area contributed by atoms with Gasteiger partial charge in [0.25, 0.3) is 0 Å². The van der Waals surface area contributed by atoms with Crippen LogP contribution in [0.5, 0.6) is 0 Å². The van der Waals surface area contributed by atoms with Gasteiger partial charge in [-0.3, -0.25) is 0 Å². The summed E-state index contributed by atoms with van der Waals surface area (Å²) in [4.78, 5) is 26.2. The zero-order valence-corrected chi connectivity index (χ0v) is 16.8. The fourth-order valence-corrected chi connectivity index (χ4v) is 4.69. The first kappa shape index (κ1) is 18.9. The SMILES string of the molecule is O=c1n(-c2ccccc2)c(=O)n2n1CC=C[C@@H]2O[C@H]1CCCC[C@@H]1c1ccccc1. The number of para-hydroxylation sites is 1. The minimum absolute atomic E-state index is 0.00410. The zero-order chi connectivity index (χ0) is 20.5. The molecule has 2 heterocycles. The third-order valence-electron chi connectivity index (χ3n) is 6.14. The standard InChI is InChI=1S/C24H25N3O3/c28-23-25-17-9-16-22(27(25)24(29)26(23)19-12-5-2-6-13-19)30-21-15-8-7-14-20(21)18-10-3-1-4-11-18/h1-6,9-13,16,20-22H,7-8,14-15,17H2/t20-,21+,22+/m1/s1. The van der Waals surface area contributed by atoms with Crippen LogP contribution in [0.4, 0.5) is 0 Å². The van der Waals surface area contributed by atoms with E-state index in [-0.39, 0.29) is 17.5 Å². The fourth-order valence-electron chi connectivity index (χ4n) is 4.69. The molecule has 6 heteroatoms. The number of ether oxygens (including phenoxy) is 1. The summed E-state index contributed by atoms with van der Waals surface area (Å²) in [6, 6.07) is 19.5. The number of allylic oxidation sites excluding steroid dienone is 1. The van der Waals surface area contributed by atoms with E-state index in [1.165, 1.54) is 25.9 Å². The summed E-state index contributed by atoms with van der Waals surface area (Å²) in [5.41, 5.74) is 1.13. The van der Waals surface area contributed by atoms with Crippen molar-refractivity contribution in [3.8, 4) is 5.69 Å². The molecule has 6 nitrogen and oxygen atoms in total. The normalized spacial score (nSPS) is 23.3. The van der Waals surface area contributed by atoms with Gasteiger partial charge >= 0.3 is 11.4 Å². The summed E-state index contributed by atoms with van der Waals surface area (Å²) < 4.78 is 10.7. The molecule has 0 N–H and O–H groups in total. The first-order valence-corrected chi connectivity index (χ1v) is 10.6. The number of rotatable bonds is 4. The van der Waals surface area contributed by atoms with Gasteiger partial charge in [-0.25, -0.2) is 18.8 Å². The minimum Gasteiger partial charge on any atom is -0.349 e. The lowest BCUT2D eigenvalue weighted by molar-refractivity contribution is -0.0671. The molecule has 0 radical (unpaired) electrons. The van der Waals surface area contributed by atoms with Crippen LogP contribution in [-0.4, -0.2) is 20.0 Å². The first-order chi connectivity index (χ1) is 14.7. The molecule has 154 valence electrons. The summed E-state index contributed by atoms with van der Waals surface area (Å²) in [7, 11) is 0. The van der Waals surface area contributed by atoms with E-state index in [0.717, 1.165) is 19.3 Å². The molecule has 1 aliphatic carbocycles. The Morgan fingerprint density at radius 2 is 1.53 bits per heavy atom. The van der Waals surface area contributed by atoms with Gasteiger partial charge in [-0.15, -0.1) is 0 Å². The second-order valence-corrected chi connectivity index (χ2v) is 7.96. The molecular weight excluding hydrogens is 378 g/mol. The van der Waals surface area contributed by atoms with Crippen molar-refractivity contribution in [2.75, 3.05) is 0 Å². The van der Waals surface area contributed by atoms with Crippen molar-refractivity contribution < 1.29 is 4.74 Å². The molecule has 5 rings (SSSR count). The van der Waals surface area contributed by atoms with E-state index in [1.54, 1.807) is 12.1 Å². The van der Waals surface area contributed by atoms with Gasteiger partial charge in [0.1, 0.15) is 0 Å². The number of benzene rings is 2. The lowest BCUT2D eigenvalue weighted by Gasteiger charge is -2.35. The lowest BCUT2D eigenvalue weighted by atomic mass is 9.81. The molecule has 2 aliphatic rings. The number of aromatic nitrogens is 3. The van der Waals surface area contributed by atoms with Gasteiger partial charge in [-0.1, -0.05) is 67.4 Å². The predicted molar refractivity (Wildman–Crippen MR) is 115 cm³/mol. The largest absolute Gasteiger partial charge is 0.354 e. The molecule has 1 aromatic heterocycles. The Balaban J connectivity index is 1.50. The molecule has 2 aromatic carbocycles. The maximum atomic E-state index is 13.2. The van der Waals surface area contributed by atoms with Crippen molar-refractivity contribution in [1.29, 1.82) is 0 Å². The van der Waals surface area contributed by atoms with E-state index >= 15 is 0 Å². The Kier molecular flexibility index (Phi) is 5.01. The molecular formula is C24H25N3O3. The van der Waals surface area contributed by atoms with Crippen LogP contribution in [0.3, 0.4) is 0 Å². The second kappa shape index (κ2) is 7.95. The van der Waals surface area contributed by atoms with Crippen LogP contribution < -0.4 is 11.4 Å². The summed E-state index contributed by atoms with van der Waals surface area (Å²) >= 11 is 0. The average molecular weight is 403 g/mol. The molecule has 1 saturated carbocycles. The van der Waals surface area contributed by atoms with Crippen LogP contribution in [0.25, 0.3) is 5.69 Å². The van der Waals surface area contributed by atoms with E-state index in [1.807, 2.05) is 36.4 Å². The molecule has 30 heavy (non-hydrogen) atoms. The van der Waals surface area contributed by atoms with Crippen LogP contribution in [0.2, 0.25) is 0 Å². The molecule has 1 aliphatic heterocycles. The second-order valence-electron chi connectivity index (χ2n) is 7.96. The van der Waals surface area contributed by atoms with Gasteiger partial charge in [-0.2, -0.15) is 4.68 Å². The Hall–Kier alpha value is -3.12. The average Bonchev–Trinajstić information content (AvgIpc) is 3.06. The van der Waals surface area contributed by atoms with Crippen molar-refractivity contribution in [2.45, 2.75) is 50.5 Å². The van der Waals surface area contributed by atoms with Crippen LogP contribution in [-0.2, 0) is 11.3 Å². The Labute approximate surface area is 174 Å². The van der Waals surface area contributed by atoms with Crippen molar-refractivity contribution in [3.63, 3.8) is 0 Å². The highest BCUT2D eigenvalue weighted by Crippen LogP contribution is 2.37. The summed E-state index contributed by atoms with van der Waals surface area (Å²) in [6.07, 6.45) is 7.52. The van der Waals surface area contributed by atoms with E-state index in [4.69, 9.17) is 4.74 Å². The number of nitrogens with zero attached hydrogens (tertiary/aromatic N) is 3. The van der Waals surface area contributed by atoms with Crippen molar-refractivity contribution in [3.05, 3.63) is 99.3 Å². The topological polar surface area (TPSA) is 58.2 Å². The van der Waals surface area contributed by atoms with Gasteiger partial charge in [-0.05, 0) is 36.6 Å². The summed E-state index contributed by atoms with van der Waals surface area (Å²) in [5, 5.41) is 0. The van der Waals surface area contributed by atoms with Crippen molar-refractivity contribution in [2.24, 2.45) is 0 Å². The van der Waals surface area contributed by atoms with Crippen LogP contribution in [0.15, 0.2) is 82.4 Å². The summed E-state index contributed by atoms with van der Waals surface area (Å²) in [6.45, 7) is 0.362. The molecule has 3 aromatic rings. The molecule has 1 fully saturated rings. The third kappa shape index (κ3) is 3.27. The lowest BCUT2D eigenvalue weighted by Crippen LogP contribution is -2.37. The number of fused-ring (bicyclic) bond motifs is 1. The third-order valence-corrected chi connectivity index (χ3v) is 6.14. The predicted octanol–water partition coefficient (Wildman–Crippen LogP) is 3.61. The Morgan fingerprint density at radius 3 is 2.30 bits per heavy atom. The van der Waals surface area contributed by atoms with Gasteiger partial charge in [0, 0.05) is 5.92 Å². The van der Waals surface area contributed by atoms with E-state index in [9.17, 15) is 9.59 Å². The van der Waals surface area contributed by atoms with E-state index < -0.39 is 6.23 Å². The fraction of sp³-hybridized carbons (Fsp3) is 0.333. The monoisotopic (exact) mass is 403 g/mol. The number of hydrogen-bond donors (Lipinski definition) is 0. The van der Waals surface area contributed by atoms with Gasteiger partial charge in [0.2, 0.25) is 0 Å². The van der Waals surface area contributed by atoms with Crippen LogP contribution >= 0.6 is 0 Å². The molecule has 0 unspecified atom stereocenters. The summed E-state index contributed by atoms with van der Waals surface area (Å²) in [5.74, 6) is 0.294. The van der Waals surface area contributed by atoms with E-state index in [2.05, 4.69) is 24.3 Å². The quantitative estimate of drug-likeness (QED) is 0.626.